The van der Waals surface area contributed by atoms with E-state index >= 15 is 0 Å². The number of hydrogen-bond acceptors (Lipinski definition) is 11. The second-order valence-corrected chi connectivity index (χ2v) is 16.2. The summed E-state index contributed by atoms with van der Waals surface area (Å²) in [6, 6.07) is 3.87. The highest BCUT2D eigenvalue weighted by atomic mass is 16.6. The Hall–Kier alpha value is -2.49. The Kier molecular flexibility index (Phi) is 27.3. The predicted octanol–water partition coefficient (Wildman–Crippen LogP) is 5.52. The Morgan fingerprint density at radius 3 is 1.62 bits per heavy atom. The number of benzene rings is 1. The highest BCUT2D eigenvalue weighted by molar-refractivity contribution is 5.94. The van der Waals surface area contributed by atoms with Gasteiger partial charge in [0, 0.05) is 37.1 Å². The van der Waals surface area contributed by atoms with Crippen molar-refractivity contribution < 1.29 is 47.5 Å². The first kappa shape index (κ1) is 50.5. The van der Waals surface area contributed by atoms with Crippen LogP contribution in [0.15, 0.2) is 12.1 Å². The van der Waals surface area contributed by atoms with Gasteiger partial charge in [0.15, 0.2) is 5.78 Å². The van der Waals surface area contributed by atoms with Crippen LogP contribution >= 0.6 is 0 Å². The van der Waals surface area contributed by atoms with Crippen molar-refractivity contribution in [3.05, 3.63) is 28.8 Å². The minimum absolute atomic E-state index is 0.0153. The van der Waals surface area contributed by atoms with Crippen LogP contribution in [0, 0.1) is 24.7 Å². The van der Waals surface area contributed by atoms with Gasteiger partial charge in [-0.3, -0.25) is 14.4 Å². The summed E-state index contributed by atoms with van der Waals surface area (Å²) in [5.74, 6) is 0.0152. The zero-order valence-electron chi connectivity index (χ0n) is 35.7. The van der Waals surface area contributed by atoms with E-state index in [1.165, 1.54) is 0 Å². The molecular weight excluding hydrogens is 706 g/mol. The Bertz CT molecular complexity index is 1180. The highest BCUT2D eigenvalue weighted by Crippen LogP contribution is 2.23. The molecule has 0 atom stereocenters. The molecule has 13 heteroatoms. The molecule has 2 N–H and O–H groups in total. The monoisotopic (exact) mass is 782 g/mol. The van der Waals surface area contributed by atoms with E-state index in [9.17, 15) is 14.4 Å². The molecule has 1 aromatic carbocycles. The average molecular weight is 782 g/mol. The normalized spacial score (nSPS) is 12.0. The van der Waals surface area contributed by atoms with Crippen LogP contribution in [0.25, 0.3) is 0 Å². The third-order valence-corrected chi connectivity index (χ3v) is 8.50. The van der Waals surface area contributed by atoms with Gasteiger partial charge in [0.2, 0.25) is 11.8 Å². The predicted molar refractivity (Wildman–Crippen MR) is 217 cm³/mol. The molecule has 318 valence electrons. The number of Topliss-reactive ketones (excluding diaryl/α,β-unsaturated/α-hetero) is 1. The fourth-order valence-electron chi connectivity index (χ4n) is 4.99. The molecule has 0 aromatic heterocycles. The van der Waals surface area contributed by atoms with Gasteiger partial charge >= 0.3 is 0 Å². The van der Waals surface area contributed by atoms with E-state index in [1.807, 2.05) is 46.8 Å². The van der Waals surface area contributed by atoms with Crippen molar-refractivity contribution in [1.29, 1.82) is 0 Å². The summed E-state index contributed by atoms with van der Waals surface area (Å²) in [7, 11) is 2.13. The van der Waals surface area contributed by atoms with Crippen molar-refractivity contribution in [3.8, 4) is 0 Å². The van der Waals surface area contributed by atoms with E-state index in [4.69, 9.17) is 33.2 Å². The van der Waals surface area contributed by atoms with Crippen LogP contribution in [-0.2, 0) is 54.1 Å². The molecule has 0 aliphatic rings. The van der Waals surface area contributed by atoms with Gasteiger partial charge < -0.3 is 48.7 Å². The second-order valence-electron chi connectivity index (χ2n) is 16.2. The minimum Gasteiger partial charge on any atom is -0.379 e. The molecule has 1 rings (SSSR count). The van der Waals surface area contributed by atoms with Crippen LogP contribution < -0.4 is 10.6 Å². The van der Waals surface area contributed by atoms with Gasteiger partial charge in [-0.25, -0.2) is 0 Å². The first-order chi connectivity index (χ1) is 26.1. The van der Waals surface area contributed by atoms with E-state index in [-0.39, 0.29) is 24.2 Å². The number of amides is 2. The number of nitrogens with one attached hydrogen (secondary N) is 2. The third-order valence-electron chi connectivity index (χ3n) is 8.50. The van der Waals surface area contributed by atoms with Crippen LogP contribution in [-0.4, -0.2) is 135 Å². The van der Waals surface area contributed by atoms with Gasteiger partial charge in [0.1, 0.15) is 6.61 Å². The SMILES string of the molecule is Cc1cc(NC(=O)C(C)(C)C)cc(C)c1COCC(=O)CCCOCCOCCOCCOCCOCCOCCC(=O)NCCCN(C)CCC(C)(C)C. The molecule has 0 heterocycles. The number of hydrogen-bond donors (Lipinski definition) is 2. The Morgan fingerprint density at radius 2 is 1.13 bits per heavy atom. The quantitative estimate of drug-likeness (QED) is 0.0872. The maximum atomic E-state index is 12.3. The standard InChI is InChI=1S/C42H75N3O10/c1-34-30-36(44-40(48)42(6,7)8)31-35(2)38(34)33-55-32-37(46)12-10-18-49-20-22-51-24-26-53-28-29-54-27-25-52-23-21-50-19-13-39(47)43-15-11-16-45(9)17-14-41(3,4)5/h30-31H,10-29,32-33H2,1-9H3,(H,43,47)(H,44,48). The zero-order valence-corrected chi connectivity index (χ0v) is 35.7. The van der Waals surface area contributed by atoms with Gasteiger partial charge in [-0.2, -0.15) is 0 Å². The molecule has 0 saturated carbocycles. The van der Waals surface area contributed by atoms with Crippen molar-refractivity contribution in [2.75, 3.05) is 118 Å². The first-order valence-corrected chi connectivity index (χ1v) is 20.0. The molecule has 0 aliphatic heterocycles. The third kappa shape index (κ3) is 28.5. The number of carbonyl (C=O) groups is 3. The number of carbonyl (C=O) groups excluding carboxylic acids is 3. The molecule has 0 aliphatic carbocycles. The summed E-state index contributed by atoms with van der Waals surface area (Å²) in [5.41, 5.74) is 3.68. The maximum Gasteiger partial charge on any atom is 0.229 e. The first-order valence-electron chi connectivity index (χ1n) is 20.0. The molecule has 0 fully saturated rings. The minimum atomic E-state index is -0.472. The lowest BCUT2D eigenvalue weighted by atomic mass is 9.92. The molecule has 0 radical (unpaired) electrons. The molecular formula is C42H75N3O10. The van der Waals surface area contributed by atoms with E-state index in [1.54, 1.807) is 0 Å². The zero-order chi connectivity index (χ0) is 41.0. The van der Waals surface area contributed by atoms with Gasteiger partial charge in [0.25, 0.3) is 0 Å². The molecule has 55 heavy (non-hydrogen) atoms. The molecule has 0 unspecified atom stereocenters. The van der Waals surface area contributed by atoms with Crippen molar-refractivity contribution in [2.45, 2.75) is 94.1 Å². The summed E-state index contributed by atoms with van der Waals surface area (Å²) >= 11 is 0. The molecule has 0 bridgehead atoms. The van der Waals surface area contributed by atoms with Crippen LogP contribution in [0.1, 0.15) is 90.3 Å². The lowest BCUT2D eigenvalue weighted by Crippen LogP contribution is -2.30. The molecule has 13 nitrogen and oxygen atoms in total. The lowest BCUT2D eigenvalue weighted by Gasteiger charge is -2.23. The summed E-state index contributed by atoms with van der Waals surface area (Å²) in [6.45, 7) is 25.0. The number of rotatable bonds is 33. The molecule has 0 saturated heterocycles. The van der Waals surface area contributed by atoms with E-state index in [2.05, 4.69) is 43.4 Å². The van der Waals surface area contributed by atoms with Crippen LogP contribution in [0.5, 0.6) is 0 Å². The summed E-state index contributed by atoms with van der Waals surface area (Å²) in [5, 5.41) is 5.92. The van der Waals surface area contributed by atoms with Gasteiger partial charge in [0.05, 0.1) is 79.3 Å². The average Bonchev–Trinajstić information content (AvgIpc) is 3.10. The fourth-order valence-corrected chi connectivity index (χ4v) is 4.99. The Balaban J connectivity index is 1.85. The number of ether oxygens (including phenoxy) is 7. The number of aryl methyl sites for hydroxylation is 2. The van der Waals surface area contributed by atoms with Crippen LogP contribution in [0.3, 0.4) is 0 Å². The second kappa shape index (κ2) is 29.7. The fraction of sp³-hybridized carbons (Fsp3) is 0.786. The van der Waals surface area contributed by atoms with Gasteiger partial charge in [-0.05, 0) is 87.5 Å². The summed E-state index contributed by atoms with van der Waals surface area (Å²) in [6.07, 6.45) is 3.47. The molecule has 0 spiro atoms. The largest absolute Gasteiger partial charge is 0.379 e. The van der Waals surface area contributed by atoms with Crippen LogP contribution in [0.4, 0.5) is 5.69 Å². The van der Waals surface area contributed by atoms with E-state index in [0.717, 1.165) is 48.3 Å². The van der Waals surface area contributed by atoms with Crippen molar-refractivity contribution in [2.24, 2.45) is 10.8 Å². The number of ketones is 1. The Morgan fingerprint density at radius 1 is 0.636 bits per heavy atom. The summed E-state index contributed by atoms with van der Waals surface area (Å²) in [4.78, 5) is 38.8. The van der Waals surface area contributed by atoms with Crippen LogP contribution in [0.2, 0.25) is 0 Å². The van der Waals surface area contributed by atoms with Crippen molar-refractivity contribution in [1.82, 2.24) is 10.2 Å². The number of nitrogens with zero attached hydrogens (tertiary/aromatic N) is 1. The van der Waals surface area contributed by atoms with Crippen molar-refractivity contribution >= 4 is 23.3 Å². The number of anilines is 1. The summed E-state index contributed by atoms with van der Waals surface area (Å²) < 4.78 is 38.8. The molecule has 1 aromatic rings. The van der Waals surface area contributed by atoms with E-state index in [0.29, 0.717) is 117 Å². The highest BCUT2D eigenvalue weighted by Gasteiger charge is 2.21. The smallest absolute Gasteiger partial charge is 0.229 e. The van der Waals surface area contributed by atoms with Gasteiger partial charge in [-0.1, -0.05) is 41.5 Å². The topological polar surface area (TPSA) is 143 Å². The van der Waals surface area contributed by atoms with E-state index < -0.39 is 5.41 Å². The van der Waals surface area contributed by atoms with Crippen molar-refractivity contribution in [3.63, 3.8) is 0 Å². The molecule has 2 amide bonds. The lowest BCUT2D eigenvalue weighted by molar-refractivity contribution is -0.124. The maximum absolute atomic E-state index is 12.3. The Labute approximate surface area is 332 Å². The van der Waals surface area contributed by atoms with Gasteiger partial charge in [-0.15, -0.1) is 0 Å².